The Labute approximate surface area is 88.4 Å². The van der Waals surface area contributed by atoms with Crippen LogP contribution in [0.3, 0.4) is 0 Å². The predicted molar refractivity (Wildman–Crippen MR) is 60.6 cm³/mol. The van der Waals surface area contributed by atoms with Crippen molar-refractivity contribution in [3.63, 3.8) is 0 Å². The van der Waals surface area contributed by atoms with Crippen molar-refractivity contribution in [2.24, 2.45) is 11.0 Å². The summed E-state index contributed by atoms with van der Waals surface area (Å²) in [7, 11) is 0. The second kappa shape index (κ2) is 3.38. The van der Waals surface area contributed by atoms with E-state index in [0.717, 1.165) is 11.4 Å². The molecule has 0 bridgehead atoms. The summed E-state index contributed by atoms with van der Waals surface area (Å²) in [5.41, 5.74) is 7.86. The molecule has 0 spiro atoms. The van der Waals surface area contributed by atoms with Gasteiger partial charge in [-0.15, -0.1) is 0 Å². The first kappa shape index (κ1) is 9.71. The highest BCUT2D eigenvalue weighted by Crippen LogP contribution is 2.24. The molecule has 78 valence electrons. The monoisotopic (exact) mass is 203 g/mol. The molecular formula is C11H13N3O. The van der Waals surface area contributed by atoms with E-state index in [2.05, 4.69) is 5.10 Å². The Bertz CT molecular complexity index is 422. The molecule has 0 fully saturated rings. The summed E-state index contributed by atoms with van der Waals surface area (Å²) in [6, 6.07) is 7.11. The van der Waals surface area contributed by atoms with Crippen molar-refractivity contribution in [1.29, 1.82) is 0 Å². The molecule has 1 heterocycles. The molecule has 0 aromatic heterocycles. The van der Waals surface area contributed by atoms with Crippen molar-refractivity contribution in [2.45, 2.75) is 13.8 Å². The van der Waals surface area contributed by atoms with Gasteiger partial charge in [0.05, 0.1) is 11.6 Å². The zero-order valence-corrected chi connectivity index (χ0v) is 8.77. The third kappa shape index (κ3) is 1.58. The van der Waals surface area contributed by atoms with Crippen LogP contribution in [-0.4, -0.2) is 11.6 Å². The molecule has 0 radical (unpaired) electrons. The number of anilines is 2. The fraction of sp³-hybridized carbons (Fsp3) is 0.273. The fourth-order valence-electron chi connectivity index (χ4n) is 1.46. The van der Waals surface area contributed by atoms with E-state index in [4.69, 9.17) is 5.73 Å². The van der Waals surface area contributed by atoms with Crippen molar-refractivity contribution in [3.8, 4) is 0 Å². The van der Waals surface area contributed by atoms with E-state index in [1.54, 1.807) is 24.3 Å². The molecule has 15 heavy (non-hydrogen) atoms. The average Bonchev–Trinajstić information content (AvgIpc) is 2.47. The van der Waals surface area contributed by atoms with Crippen LogP contribution in [0.4, 0.5) is 11.4 Å². The first-order valence-corrected chi connectivity index (χ1v) is 4.84. The molecule has 0 unspecified atom stereocenters. The second-order valence-electron chi connectivity index (χ2n) is 3.70. The summed E-state index contributed by atoms with van der Waals surface area (Å²) in [5.74, 6) is -0.111. The predicted octanol–water partition coefficient (Wildman–Crippen LogP) is 1.63. The highest BCUT2D eigenvalue weighted by molar-refractivity contribution is 6.14. The molecule has 0 saturated carbocycles. The summed E-state index contributed by atoms with van der Waals surface area (Å²) in [5, 5.41) is 5.64. The lowest BCUT2D eigenvalue weighted by atomic mass is 10.1. The van der Waals surface area contributed by atoms with Gasteiger partial charge in [-0.1, -0.05) is 0 Å². The molecule has 1 aliphatic heterocycles. The second-order valence-corrected chi connectivity index (χ2v) is 3.70. The maximum absolute atomic E-state index is 11.8. The van der Waals surface area contributed by atoms with Gasteiger partial charge >= 0.3 is 0 Å². The molecular weight excluding hydrogens is 190 g/mol. The van der Waals surface area contributed by atoms with E-state index >= 15 is 0 Å². The van der Waals surface area contributed by atoms with Crippen LogP contribution >= 0.6 is 0 Å². The van der Waals surface area contributed by atoms with Gasteiger partial charge in [0.1, 0.15) is 0 Å². The van der Waals surface area contributed by atoms with Crippen molar-refractivity contribution in [2.75, 3.05) is 10.7 Å². The van der Waals surface area contributed by atoms with Crippen molar-refractivity contribution in [3.05, 3.63) is 24.3 Å². The molecule has 1 aromatic rings. The number of carbonyl (C=O) groups is 1. The summed E-state index contributed by atoms with van der Waals surface area (Å²) in [6.45, 7) is 3.72. The highest BCUT2D eigenvalue weighted by Gasteiger charge is 2.30. The fourth-order valence-corrected chi connectivity index (χ4v) is 1.46. The summed E-state index contributed by atoms with van der Waals surface area (Å²) in [4.78, 5) is 11.8. The number of carbonyl (C=O) groups excluding carboxylic acids is 1. The topological polar surface area (TPSA) is 58.7 Å². The maximum Gasteiger partial charge on any atom is 0.255 e. The molecule has 0 saturated heterocycles. The minimum Gasteiger partial charge on any atom is -0.399 e. The van der Waals surface area contributed by atoms with Crippen LogP contribution in [0.2, 0.25) is 0 Å². The lowest BCUT2D eigenvalue weighted by molar-refractivity contribution is -0.119. The van der Waals surface area contributed by atoms with Gasteiger partial charge < -0.3 is 5.73 Å². The third-order valence-electron chi connectivity index (χ3n) is 2.60. The summed E-state index contributed by atoms with van der Waals surface area (Å²) >= 11 is 0. The molecule has 1 aliphatic rings. The van der Waals surface area contributed by atoms with Gasteiger partial charge in [-0.25, -0.2) is 5.01 Å². The smallest absolute Gasteiger partial charge is 0.255 e. The lowest BCUT2D eigenvalue weighted by Gasteiger charge is -2.12. The molecule has 0 aliphatic carbocycles. The SMILES string of the molecule is CC1=NN(c2ccc(N)cc2)C(=O)[C@H]1C. The minimum atomic E-state index is -0.123. The molecule has 1 aromatic carbocycles. The number of hydrogen-bond donors (Lipinski definition) is 1. The zero-order chi connectivity index (χ0) is 11.0. The van der Waals surface area contributed by atoms with Crippen molar-refractivity contribution in [1.82, 2.24) is 0 Å². The number of rotatable bonds is 1. The molecule has 2 rings (SSSR count). The average molecular weight is 203 g/mol. The Balaban J connectivity index is 2.33. The lowest BCUT2D eigenvalue weighted by Crippen LogP contribution is -2.25. The van der Waals surface area contributed by atoms with Crippen LogP contribution in [-0.2, 0) is 4.79 Å². The van der Waals surface area contributed by atoms with Crippen molar-refractivity contribution >= 4 is 23.0 Å². The molecule has 1 amide bonds. The van der Waals surface area contributed by atoms with Crippen LogP contribution in [0, 0.1) is 5.92 Å². The van der Waals surface area contributed by atoms with Gasteiger partial charge in [-0.05, 0) is 38.1 Å². The van der Waals surface area contributed by atoms with Crippen LogP contribution in [0.25, 0.3) is 0 Å². The van der Waals surface area contributed by atoms with E-state index < -0.39 is 0 Å². The maximum atomic E-state index is 11.8. The standard InChI is InChI=1S/C11H13N3O/c1-7-8(2)13-14(11(7)15)10-5-3-9(12)4-6-10/h3-7H,12H2,1-2H3/t7-/m0/s1. The van der Waals surface area contributed by atoms with E-state index in [9.17, 15) is 4.79 Å². The normalized spacial score (nSPS) is 20.7. The first-order valence-electron chi connectivity index (χ1n) is 4.84. The van der Waals surface area contributed by atoms with Crippen LogP contribution in [0.15, 0.2) is 29.4 Å². The van der Waals surface area contributed by atoms with Crippen molar-refractivity contribution < 1.29 is 4.79 Å². The Morgan fingerprint density at radius 2 is 1.93 bits per heavy atom. The van der Waals surface area contributed by atoms with Gasteiger partial charge in [-0.2, -0.15) is 5.10 Å². The van der Waals surface area contributed by atoms with Crippen LogP contribution in [0.5, 0.6) is 0 Å². The molecule has 1 atom stereocenters. The highest BCUT2D eigenvalue weighted by atomic mass is 16.2. The van der Waals surface area contributed by atoms with Crippen LogP contribution < -0.4 is 10.7 Å². The third-order valence-corrected chi connectivity index (χ3v) is 2.60. The molecule has 4 heteroatoms. The van der Waals surface area contributed by atoms with Gasteiger partial charge in [0, 0.05) is 11.4 Å². The van der Waals surface area contributed by atoms with Gasteiger partial charge in [0.15, 0.2) is 0 Å². The van der Waals surface area contributed by atoms with E-state index in [0.29, 0.717) is 5.69 Å². The minimum absolute atomic E-state index is 0.0114. The number of amides is 1. The van der Waals surface area contributed by atoms with Gasteiger partial charge in [0.25, 0.3) is 5.91 Å². The largest absolute Gasteiger partial charge is 0.399 e. The van der Waals surface area contributed by atoms with Crippen LogP contribution in [0.1, 0.15) is 13.8 Å². The van der Waals surface area contributed by atoms with E-state index in [1.807, 2.05) is 13.8 Å². The summed E-state index contributed by atoms with van der Waals surface area (Å²) < 4.78 is 0. The van der Waals surface area contributed by atoms with Gasteiger partial charge in [-0.3, -0.25) is 4.79 Å². The number of nitrogens with two attached hydrogens (primary N) is 1. The number of nitrogen functional groups attached to an aromatic ring is 1. The van der Waals surface area contributed by atoms with E-state index in [1.165, 1.54) is 5.01 Å². The Hall–Kier alpha value is -1.84. The number of hydrazone groups is 1. The number of hydrogen-bond acceptors (Lipinski definition) is 3. The number of benzene rings is 1. The zero-order valence-electron chi connectivity index (χ0n) is 8.77. The molecule has 4 nitrogen and oxygen atoms in total. The molecule has 2 N–H and O–H groups in total. The first-order chi connectivity index (χ1) is 7.09. The van der Waals surface area contributed by atoms with E-state index in [-0.39, 0.29) is 11.8 Å². The summed E-state index contributed by atoms with van der Waals surface area (Å²) in [6.07, 6.45) is 0. The Morgan fingerprint density at radius 3 is 2.40 bits per heavy atom. The van der Waals surface area contributed by atoms with Gasteiger partial charge in [0.2, 0.25) is 0 Å². The Kier molecular flexibility index (Phi) is 2.19. The number of nitrogens with zero attached hydrogens (tertiary/aromatic N) is 2. The Morgan fingerprint density at radius 1 is 1.33 bits per heavy atom. The quantitative estimate of drug-likeness (QED) is 0.705.